The lowest BCUT2D eigenvalue weighted by atomic mass is 10.1. The lowest BCUT2D eigenvalue weighted by Crippen LogP contribution is -2.31. The minimum Gasteiger partial charge on any atom is -0.350 e. The third kappa shape index (κ3) is 5.01. The van der Waals surface area contributed by atoms with Crippen molar-refractivity contribution in [2.24, 2.45) is 0 Å². The van der Waals surface area contributed by atoms with Gasteiger partial charge in [0.25, 0.3) is 11.8 Å². The Kier molecular flexibility index (Phi) is 7.14. The lowest BCUT2D eigenvalue weighted by molar-refractivity contribution is 0.0944. The third-order valence-corrected chi connectivity index (χ3v) is 5.36. The lowest BCUT2D eigenvalue weighted by Gasteiger charge is -2.16. The normalized spacial score (nSPS) is 10.9. The van der Waals surface area contributed by atoms with Crippen LogP contribution < -0.4 is 10.6 Å². The summed E-state index contributed by atoms with van der Waals surface area (Å²) in [6.45, 7) is 5.60. The van der Waals surface area contributed by atoms with Crippen molar-refractivity contribution < 1.29 is 9.59 Å². The van der Waals surface area contributed by atoms with E-state index in [4.69, 9.17) is 11.6 Å². The monoisotopic (exact) mass is 601 g/mol. The number of nitrogens with zero attached hydrogens (tertiary/aromatic N) is 3. The van der Waals surface area contributed by atoms with Crippen molar-refractivity contribution in [3.8, 4) is 5.82 Å². The van der Waals surface area contributed by atoms with Crippen LogP contribution in [0.5, 0.6) is 0 Å². The number of pyridine rings is 1. The number of amides is 2. The Labute approximate surface area is 200 Å². The summed E-state index contributed by atoms with van der Waals surface area (Å²) in [5, 5.41) is 10.4. The number of benzene rings is 1. The van der Waals surface area contributed by atoms with Crippen molar-refractivity contribution in [2.45, 2.75) is 26.8 Å². The quantitative estimate of drug-likeness (QED) is 0.403. The zero-order valence-electron chi connectivity index (χ0n) is 16.3. The van der Waals surface area contributed by atoms with Gasteiger partial charge in [-0.1, -0.05) is 11.6 Å². The van der Waals surface area contributed by atoms with Gasteiger partial charge < -0.3 is 10.6 Å². The first-order valence-corrected chi connectivity index (χ1v) is 11.2. The average molecular weight is 603 g/mol. The van der Waals surface area contributed by atoms with Gasteiger partial charge >= 0.3 is 0 Å². The van der Waals surface area contributed by atoms with Gasteiger partial charge in [0.05, 0.1) is 16.3 Å². The highest BCUT2D eigenvalue weighted by Gasteiger charge is 2.22. The second-order valence-electron chi connectivity index (χ2n) is 6.80. The molecule has 0 radical (unpaired) electrons. The molecular weight excluding hydrogens is 585 g/mol. The molecule has 1 aromatic carbocycles. The van der Waals surface area contributed by atoms with Crippen LogP contribution in [0.4, 0.5) is 5.69 Å². The molecule has 10 heteroatoms. The summed E-state index contributed by atoms with van der Waals surface area (Å²) >= 11 is 11.7. The molecule has 30 heavy (non-hydrogen) atoms. The smallest absolute Gasteiger partial charge is 0.274 e. The molecule has 0 saturated carbocycles. The van der Waals surface area contributed by atoms with E-state index >= 15 is 0 Å². The van der Waals surface area contributed by atoms with Gasteiger partial charge in [0.15, 0.2) is 5.82 Å². The first-order chi connectivity index (χ1) is 14.2. The Morgan fingerprint density at radius 1 is 1.23 bits per heavy atom. The molecule has 3 rings (SSSR count). The Hall–Kier alpha value is -1.98. The number of nitrogens with one attached hydrogen (secondary N) is 2. The Morgan fingerprint density at radius 3 is 2.63 bits per heavy atom. The molecule has 0 aliphatic rings. The maximum Gasteiger partial charge on any atom is 0.274 e. The van der Waals surface area contributed by atoms with Gasteiger partial charge in [-0.2, -0.15) is 5.10 Å². The number of hydrogen-bond donors (Lipinski definition) is 2. The number of aromatic nitrogens is 3. The van der Waals surface area contributed by atoms with Crippen LogP contribution in [-0.4, -0.2) is 32.6 Å². The molecule has 0 aliphatic heterocycles. The maximum absolute atomic E-state index is 13.2. The van der Waals surface area contributed by atoms with Crippen LogP contribution in [-0.2, 0) is 0 Å². The van der Waals surface area contributed by atoms with Crippen LogP contribution >= 0.6 is 50.1 Å². The Balaban J connectivity index is 2.02. The van der Waals surface area contributed by atoms with Crippen molar-refractivity contribution in [1.82, 2.24) is 20.1 Å². The predicted molar refractivity (Wildman–Crippen MR) is 129 cm³/mol. The van der Waals surface area contributed by atoms with E-state index in [0.29, 0.717) is 26.7 Å². The molecule has 0 unspecified atom stereocenters. The van der Waals surface area contributed by atoms with Crippen molar-refractivity contribution in [3.63, 3.8) is 0 Å². The van der Waals surface area contributed by atoms with Gasteiger partial charge in [-0.3, -0.25) is 9.59 Å². The van der Waals surface area contributed by atoms with E-state index in [0.717, 1.165) is 9.13 Å². The summed E-state index contributed by atoms with van der Waals surface area (Å²) in [7, 11) is 0. The van der Waals surface area contributed by atoms with Crippen LogP contribution in [0.15, 0.2) is 41.1 Å². The second kappa shape index (κ2) is 9.44. The topological polar surface area (TPSA) is 88.9 Å². The van der Waals surface area contributed by atoms with Crippen molar-refractivity contribution >= 4 is 67.6 Å². The largest absolute Gasteiger partial charge is 0.350 e. The first-order valence-electron chi connectivity index (χ1n) is 8.96. The van der Waals surface area contributed by atoms with E-state index in [1.165, 1.54) is 4.68 Å². The van der Waals surface area contributed by atoms with E-state index in [1.54, 1.807) is 30.5 Å². The molecule has 2 N–H and O–H groups in total. The van der Waals surface area contributed by atoms with Gasteiger partial charge in [0.2, 0.25) is 0 Å². The third-order valence-electron chi connectivity index (χ3n) is 4.06. The molecule has 0 saturated heterocycles. The van der Waals surface area contributed by atoms with Crippen LogP contribution in [0.2, 0.25) is 5.02 Å². The van der Waals surface area contributed by atoms with Gasteiger partial charge in [0.1, 0.15) is 10.3 Å². The number of rotatable bonds is 5. The molecule has 3 aromatic rings. The minimum absolute atomic E-state index is 0.0390. The van der Waals surface area contributed by atoms with Crippen LogP contribution in [0, 0.1) is 10.5 Å². The Bertz CT molecular complexity index is 1130. The summed E-state index contributed by atoms with van der Waals surface area (Å²) in [4.78, 5) is 30.1. The molecule has 7 nitrogen and oxygen atoms in total. The molecule has 0 atom stereocenters. The van der Waals surface area contributed by atoms with E-state index in [-0.39, 0.29) is 17.6 Å². The Morgan fingerprint density at radius 2 is 1.97 bits per heavy atom. The summed E-state index contributed by atoms with van der Waals surface area (Å²) in [6, 6.07) is 8.52. The molecule has 2 aromatic heterocycles. The molecule has 156 valence electrons. The average Bonchev–Trinajstić information content (AvgIpc) is 3.05. The second-order valence-corrected chi connectivity index (χ2v) is 9.27. The van der Waals surface area contributed by atoms with E-state index in [1.807, 2.05) is 26.8 Å². The van der Waals surface area contributed by atoms with E-state index < -0.39 is 5.91 Å². The predicted octanol–water partition coefficient (Wildman–Crippen LogP) is 4.99. The van der Waals surface area contributed by atoms with E-state index in [9.17, 15) is 9.59 Å². The summed E-state index contributed by atoms with van der Waals surface area (Å²) in [5.74, 6) is -0.380. The van der Waals surface area contributed by atoms with Crippen LogP contribution in [0.1, 0.15) is 40.3 Å². The van der Waals surface area contributed by atoms with Gasteiger partial charge in [0, 0.05) is 21.9 Å². The molecular formula is C20H18BrClIN5O2. The molecule has 2 heterocycles. The fraction of sp³-hybridized carbons (Fsp3) is 0.200. The van der Waals surface area contributed by atoms with Crippen molar-refractivity contribution in [3.05, 3.63) is 66.5 Å². The number of carbonyl (C=O) groups excluding carboxylic acids is 2. The fourth-order valence-electron chi connectivity index (χ4n) is 2.81. The fourth-order valence-corrected chi connectivity index (χ4v) is 4.17. The highest BCUT2D eigenvalue weighted by atomic mass is 127. The zero-order chi connectivity index (χ0) is 22.0. The molecule has 0 bridgehead atoms. The number of halogens is 3. The zero-order valence-corrected chi connectivity index (χ0v) is 20.8. The van der Waals surface area contributed by atoms with Gasteiger partial charge in [-0.25, -0.2) is 9.67 Å². The molecule has 0 spiro atoms. The minimum atomic E-state index is -0.446. The standard InChI is InChI=1S/C20H18BrClIN5O2/c1-10(2)25-19(29)13-8-12(23)7-11(3)17(13)26-20(30)15-9-16(21)27-28(15)18-14(22)5-4-6-24-18/h4-10H,1-3H3,(H,25,29)(H,26,30). The molecule has 2 amide bonds. The van der Waals surface area contributed by atoms with Gasteiger partial charge in [-0.15, -0.1) is 0 Å². The van der Waals surface area contributed by atoms with E-state index in [2.05, 4.69) is 59.2 Å². The first kappa shape index (κ1) is 22.7. The SMILES string of the molecule is Cc1cc(I)cc(C(=O)NC(C)C)c1NC(=O)c1cc(Br)nn1-c1ncccc1Cl. The maximum atomic E-state index is 13.2. The van der Waals surface area contributed by atoms with Crippen LogP contribution in [0.25, 0.3) is 5.82 Å². The highest BCUT2D eigenvalue weighted by molar-refractivity contribution is 14.1. The molecule has 0 aliphatic carbocycles. The van der Waals surface area contributed by atoms with Crippen LogP contribution in [0.3, 0.4) is 0 Å². The number of hydrogen-bond acceptors (Lipinski definition) is 4. The summed E-state index contributed by atoms with van der Waals surface area (Å²) in [5.41, 5.74) is 1.82. The highest BCUT2D eigenvalue weighted by Crippen LogP contribution is 2.26. The van der Waals surface area contributed by atoms with Crippen molar-refractivity contribution in [2.75, 3.05) is 5.32 Å². The summed E-state index contributed by atoms with van der Waals surface area (Å²) < 4.78 is 2.70. The molecule has 0 fully saturated rings. The number of anilines is 1. The van der Waals surface area contributed by atoms with Gasteiger partial charge in [-0.05, 0) is 89.1 Å². The summed E-state index contributed by atoms with van der Waals surface area (Å²) in [6.07, 6.45) is 1.57. The number of carbonyl (C=O) groups is 2. The van der Waals surface area contributed by atoms with Crippen molar-refractivity contribution in [1.29, 1.82) is 0 Å². The number of aryl methyl sites for hydroxylation is 1.